The summed E-state index contributed by atoms with van der Waals surface area (Å²) in [6, 6.07) is 7.01. The quantitative estimate of drug-likeness (QED) is 0.313. The van der Waals surface area contributed by atoms with Crippen molar-refractivity contribution in [2.45, 2.75) is 45.1 Å². The molecule has 0 aliphatic rings. The van der Waals surface area contributed by atoms with Crippen LogP contribution in [-0.4, -0.2) is 45.9 Å². The summed E-state index contributed by atoms with van der Waals surface area (Å²) in [5.74, 6) is 1.32. The third-order valence-corrected chi connectivity index (χ3v) is 6.11. The van der Waals surface area contributed by atoms with Crippen molar-refractivity contribution in [2.24, 2.45) is 10.9 Å². The number of hydrogen-bond donors (Lipinski definition) is 2. The summed E-state index contributed by atoms with van der Waals surface area (Å²) in [6.45, 7) is 8.30. The zero-order valence-corrected chi connectivity index (χ0v) is 19.6. The van der Waals surface area contributed by atoms with Crippen LogP contribution in [0.25, 0.3) is 0 Å². The maximum atomic E-state index is 12.5. The van der Waals surface area contributed by atoms with Crippen molar-refractivity contribution in [1.29, 1.82) is 0 Å². The molecule has 26 heavy (non-hydrogen) atoms. The first kappa shape index (κ1) is 25.1. The van der Waals surface area contributed by atoms with Crippen LogP contribution in [0.5, 0.6) is 0 Å². The lowest BCUT2D eigenvalue weighted by atomic mass is 10.0. The predicted molar refractivity (Wildman–Crippen MR) is 120 cm³/mol. The Hall–Kier alpha value is -0.870. The number of nitrogens with zero attached hydrogens (tertiary/aromatic N) is 2. The maximum Gasteiger partial charge on any atom is 0.242 e. The van der Waals surface area contributed by atoms with Crippen molar-refractivity contribution in [2.75, 3.05) is 27.2 Å². The molecule has 1 aromatic rings. The molecule has 6 nitrogen and oxygen atoms in total. The molecule has 0 unspecified atom stereocenters. The van der Waals surface area contributed by atoms with Crippen molar-refractivity contribution in [3.05, 3.63) is 29.8 Å². The maximum absolute atomic E-state index is 12.5. The van der Waals surface area contributed by atoms with Gasteiger partial charge in [-0.15, -0.1) is 24.0 Å². The first-order valence-corrected chi connectivity index (χ1v) is 10.3. The van der Waals surface area contributed by atoms with E-state index in [2.05, 4.69) is 29.5 Å². The molecule has 0 aliphatic heterocycles. The summed E-state index contributed by atoms with van der Waals surface area (Å²) in [4.78, 5) is 4.87. The number of nitrogens with one attached hydrogen (secondary N) is 2. The minimum Gasteiger partial charge on any atom is -0.357 e. The summed E-state index contributed by atoms with van der Waals surface area (Å²) in [5, 5.41) is 6.57. The van der Waals surface area contributed by atoms with E-state index in [1.807, 2.05) is 19.1 Å². The Morgan fingerprint density at radius 3 is 2.27 bits per heavy atom. The van der Waals surface area contributed by atoms with E-state index in [1.54, 1.807) is 12.1 Å². The van der Waals surface area contributed by atoms with E-state index in [9.17, 15) is 8.42 Å². The van der Waals surface area contributed by atoms with Gasteiger partial charge in [0.2, 0.25) is 10.0 Å². The fourth-order valence-electron chi connectivity index (χ4n) is 2.41. The van der Waals surface area contributed by atoms with Gasteiger partial charge in [0.05, 0.1) is 11.4 Å². The molecule has 1 rings (SSSR count). The molecule has 0 atom stereocenters. The van der Waals surface area contributed by atoms with E-state index >= 15 is 0 Å². The average Bonchev–Trinajstić information content (AvgIpc) is 2.60. The molecule has 8 heteroatoms. The monoisotopic (exact) mass is 496 g/mol. The molecule has 0 heterocycles. The molecule has 0 aliphatic carbocycles. The van der Waals surface area contributed by atoms with Crippen LogP contribution in [0.4, 0.5) is 0 Å². The van der Waals surface area contributed by atoms with Gasteiger partial charge in [-0.25, -0.2) is 17.7 Å². The topological polar surface area (TPSA) is 73.8 Å². The van der Waals surface area contributed by atoms with Gasteiger partial charge < -0.3 is 10.6 Å². The first-order valence-electron chi connectivity index (χ1n) is 8.89. The molecule has 0 amide bonds. The van der Waals surface area contributed by atoms with Gasteiger partial charge in [-0.2, -0.15) is 0 Å². The molecular formula is C18H33IN4O2S. The zero-order valence-electron chi connectivity index (χ0n) is 16.4. The molecular weight excluding hydrogens is 463 g/mol. The van der Waals surface area contributed by atoms with E-state index < -0.39 is 10.0 Å². The van der Waals surface area contributed by atoms with Gasteiger partial charge in [0.25, 0.3) is 0 Å². The van der Waals surface area contributed by atoms with Gasteiger partial charge in [-0.3, -0.25) is 0 Å². The Labute approximate surface area is 175 Å². The van der Waals surface area contributed by atoms with Crippen LogP contribution >= 0.6 is 24.0 Å². The Bertz CT molecular complexity index is 659. The summed E-state index contributed by atoms with van der Waals surface area (Å²) >= 11 is 0. The Morgan fingerprint density at radius 1 is 1.12 bits per heavy atom. The van der Waals surface area contributed by atoms with Gasteiger partial charge in [0.1, 0.15) is 0 Å². The molecule has 0 radical (unpaired) electrons. The fourth-order valence-corrected chi connectivity index (χ4v) is 3.51. The Balaban J connectivity index is 0.00000625. The molecule has 0 saturated heterocycles. The number of sulfonamides is 1. The summed E-state index contributed by atoms with van der Waals surface area (Å²) < 4.78 is 26.2. The second-order valence-electron chi connectivity index (χ2n) is 6.15. The van der Waals surface area contributed by atoms with Gasteiger partial charge in [0, 0.05) is 27.2 Å². The first-order chi connectivity index (χ1) is 11.9. The second-order valence-corrected chi connectivity index (χ2v) is 8.27. The van der Waals surface area contributed by atoms with E-state index in [-0.39, 0.29) is 24.0 Å². The highest BCUT2D eigenvalue weighted by Crippen LogP contribution is 2.19. The minimum atomic E-state index is -3.48. The standard InChI is InChI=1S/C18H32N4O2S.HI/c1-6-15(7-2)13-20-18(19-8-3)21-14-16-11-9-10-12-17(16)25(23,24)22(4)5;/h9-12,15H,6-8,13-14H2,1-5H3,(H2,19,20,21);1H. The number of aliphatic imine (C=N–C) groups is 1. The highest BCUT2D eigenvalue weighted by Gasteiger charge is 2.20. The third kappa shape index (κ3) is 7.40. The van der Waals surface area contributed by atoms with Gasteiger partial charge in [0.15, 0.2) is 5.96 Å². The van der Waals surface area contributed by atoms with Crippen LogP contribution in [0.3, 0.4) is 0 Å². The largest absolute Gasteiger partial charge is 0.357 e. The number of rotatable bonds is 9. The third-order valence-electron chi connectivity index (χ3n) is 4.20. The zero-order chi connectivity index (χ0) is 18.9. The number of halogens is 1. The summed E-state index contributed by atoms with van der Waals surface area (Å²) in [5.41, 5.74) is 0.691. The van der Waals surface area contributed by atoms with Crippen molar-refractivity contribution < 1.29 is 8.42 Å². The van der Waals surface area contributed by atoms with E-state index in [0.717, 1.165) is 25.9 Å². The Kier molecular flexibility index (Phi) is 12.1. The van der Waals surface area contributed by atoms with E-state index in [0.29, 0.717) is 28.9 Å². The van der Waals surface area contributed by atoms with Gasteiger partial charge in [-0.05, 0) is 24.5 Å². The number of benzene rings is 1. The van der Waals surface area contributed by atoms with Crippen molar-refractivity contribution >= 4 is 40.0 Å². The van der Waals surface area contributed by atoms with Gasteiger partial charge >= 0.3 is 0 Å². The van der Waals surface area contributed by atoms with Crippen molar-refractivity contribution in [3.63, 3.8) is 0 Å². The normalized spacial score (nSPS) is 12.2. The molecule has 0 bridgehead atoms. The highest BCUT2D eigenvalue weighted by molar-refractivity contribution is 14.0. The van der Waals surface area contributed by atoms with Crippen LogP contribution in [0, 0.1) is 5.92 Å². The van der Waals surface area contributed by atoms with Crippen LogP contribution in [0.15, 0.2) is 34.2 Å². The minimum absolute atomic E-state index is 0. The molecule has 0 fully saturated rings. The lowest BCUT2D eigenvalue weighted by Crippen LogP contribution is -2.39. The lowest BCUT2D eigenvalue weighted by Gasteiger charge is -2.17. The molecule has 0 aromatic heterocycles. The van der Waals surface area contributed by atoms with Crippen LogP contribution in [-0.2, 0) is 16.6 Å². The van der Waals surface area contributed by atoms with E-state index in [1.165, 1.54) is 18.4 Å². The smallest absolute Gasteiger partial charge is 0.242 e. The molecule has 1 aromatic carbocycles. The fraction of sp³-hybridized carbons (Fsp3) is 0.611. The summed E-state index contributed by atoms with van der Waals surface area (Å²) in [6.07, 6.45) is 2.24. The molecule has 0 saturated carbocycles. The lowest BCUT2D eigenvalue weighted by molar-refractivity contribution is 0.481. The molecule has 150 valence electrons. The summed E-state index contributed by atoms with van der Waals surface area (Å²) in [7, 11) is -0.401. The number of hydrogen-bond acceptors (Lipinski definition) is 3. The van der Waals surface area contributed by atoms with E-state index in [4.69, 9.17) is 0 Å². The SMILES string of the molecule is CCNC(=NCc1ccccc1S(=O)(=O)N(C)C)NCC(CC)CC.I. The Morgan fingerprint density at radius 2 is 1.73 bits per heavy atom. The highest BCUT2D eigenvalue weighted by atomic mass is 127. The molecule has 0 spiro atoms. The molecule has 2 N–H and O–H groups in total. The predicted octanol–water partition coefficient (Wildman–Crippen LogP) is 3.05. The number of guanidine groups is 1. The van der Waals surface area contributed by atoms with Crippen LogP contribution < -0.4 is 10.6 Å². The van der Waals surface area contributed by atoms with Crippen LogP contribution in [0.2, 0.25) is 0 Å². The van der Waals surface area contributed by atoms with Crippen molar-refractivity contribution in [3.8, 4) is 0 Å². The second kappa shape index (κ2) is 12.5. The van der Waals surface area contributed by atoms with Gasteiger partial charge in [-0.1, -0.05) is 44.9 Å². The van der Waals surface area contributed by atoms with Crippen LogP contribution in [0.1, 0.15) is 39.2 Å². The average molecular weight is 496 g/mol. The van der Waals surface area contributed by atoms with Crippen molar-refractivity contribution in [1.82, 2.24) is 14.9 Å².